The standard InChI is InChI=1S/C15H20FNO4/c1-9(2)17(10(3)4)14(18)8-21-11-5-6-12(15(19)20)13(16)7-11/h5-7,9-10H,8H2,1-4H3,(H,19,20). The molecule has 0 unspecified atom stereocenters. The third kappa shape index (κ3) is 4.44. The highest BCUT2D eigenvalue weighted by Crippen LogP contribution is 2.17. The van der Waals surface area contributed by atoms with E-state index in [4.69, 9.17) is 9.84 Å². The maximum atomic E-state index is 13.5. The van der Waals surface area contributed by atoms with Gasteiger partial charge in [-0.25, -0.2) is 9.18 Å². The van der Waals surface area contributed by atoms with Crippen molar-refractivity contribution in [2.24, 2.45) is 0 Å². The third-order valence-electron chi connectivity index (χ3n) is 2.93. The van der Waals surface area contributed by atoms with Gasteiger partial charge >= 0.3 is 5.97 Å². The van der Waals surface area contributed by atoms with E-state index in [1.165, 1.54) is 6.07 Å². The Hall–Kier alpha value is -2.11. The summed E-state index contributed by atoms with van der Waals surface area (Å²) >= 11 is 0. The van der Waals surface area contributed by atoms with Gasteiger partial charge in [0.25, 0.3) is 5.91 Å². The van der Waals surface area contributed by atoms with Gasteiger partial charge in [0.1, 0.15) is 11.6 Å². The fraction of sp³-hybridized carbons (Fsp3) is 0.467. The van der Waals surface area contributed by atoms with E-state index in [0.717, 1.165) is 12.1 Å². The van der Waals surface area contributed by atoms with E-state index in [0.29, 0.717) is 0 Å². The van der Waals surface area contributed by atoms with Gasteiger partial charge < -0.3 is 14.7 Å². The molecule has 0 bridgehead atoms. The van der Waals surface area contributed by atoms with Crippen molar-refractivity contribution in [3.63, 3.8) is 0 Å². The molecule has 0 aliphatic heterocycles. The van der Waals surface area contributed by atoms with Crippen LogP contribution in [0.3, 0.4) is 0 Å². The highest BCUT2D eigenvalue weighted by Gasteiger charge is 2.20. The van der Waals surface area contributed by atoms with Crippen LogP contribution >= 0.6 is 0 Å². The number of carbonyl (C=O) groups excluding carboxylic acids is 1. The summed E-state index contributed by atoms with van der Waals surface area (Å²) in [7, 11) is 0. The molecular formula is C15H20FNO4. The number of nitrogens with zero attached hydrogens (tertiary/aromatic N) is 1. The Labute approximate surface area is 123 Å². The van der Waals surface area contributed by atoms with Gasteiger partial charge in [-0.05, 0) is 39.8 Å². The number of hydrogen-bond donors (Lipinski definition) is 1. The van der Waals surface area contributed by atoms with Gasteiger partial charge in [0.05, 0.1) is 5.56 Å². The first-order valence-electron chi connectivity index (χ1n) is 6.70. The van der Waals surface area contributed by atoms with Crippen LogP contribution in [0.5, 0.6) is 5.75 Å². The molecule has 1 aromatic carbocycles. The number of ether oxygens (including phenoxy) is 1. The van der Waals surface area contributed by atoms with Crippen LogP contribution in [-0.4, -0.2) is 40.6 Å². The smallest absolute Gasteiger partial charge is 0.338 e. The molecule has 0 saturated carbocycles. The van der Waals surface area contributed by atoms with Crippen LogP contribution in [0.15, 0.2) is 18.2 Å². The topological polar surface area (TPSA) is 66.8 Å². The molecule has 116 valence electrons. The minimum Gasteiger partial charge on any atom is -0.484 e. The fourth-order valence-corrected chi connectivity index (χ4v) is 2.15. The first-order valence-corrected chi connectivity index (χ1v) is 6.70. The summed E-state index contributed by atoms with van der Waals surface area (Å²) in [6.07, 6.45) is 0. The zero-order valence-electron chi connectivity index (χ0n) is 12.6. The van der Waals surface area contributed by atoms with E-state index in [2.05, 4.69) is 0 Å². The SMILES string of the molecule is CC(C)N(C(=O)COc1ccc(C(=O)O)c(F)c1)C(C)C. The molecule has 0 fully saturated rings. The molecule has 6 heteroatoms. The number of amides is 1. The quantitative estimate of drug-likeness (QED) is 0.876. The predicted molar refractivity (Wildman–Crippen MR) is 76.0 cm³/mol. The van der Waals surface area contributed by atoms with Crippen molar-refractivity contribution < 1.29 is 23.8 Å². The lowest BCUT2D eigenvalue weighted by Crippen LogP contribution is -2.44. The first kappa shape index (κ1) is 16.9. The predicted octanol–water partition coefficient (Wildman–Crippen LogP) is 2.55. The third-order valence-corrected chi connectivity index (χ3v) is 2.93. The Bertz CT molecular complexity index is 520. The Morgan fingerprint density at radius 1 is 1.24 bits per heavy atom. The van der Waals surface area contributed by atoms with Gasteiger partial charge in [-0.1, -0.05) is 0 Å². The second-order valence-electron chi connectivity index (χ2n) is 5.22. The van der Waals surface area contributed by atoms with Gasteiger partial charge in [0.15, 0.2) is 6.61 Å². The number of rotatable bonds is 6. The molecule has 0 aliphatic carbocycles. The molecule has 0 spiro atoms. The lowest BCUT2D eigenvalue weighted by Gasteiger charge is -2.30. The van der Waals surface area contributed by atoms with Crippen LogP contribution in [0.25, 0.3) is 0 Å². The number of carboxylic acids is 1. The fourth-order valence-electron chi connectivity index (χ4n) is 2.15. The summed E-state index contributed by atoms with van der Waals surface area (Å²) in [5, 5.41) is 8.73. The molecule has 0 radical (unpaired) electrons. The number of halogens is 1. The van der Waals surface area contributed by atoms with Gasteiger partial charge in [0.2, 0.25) is 0 Å². The molecule has 0 aromatic heterocycles. The first-order chi connectivity index (χ1) is 9.73. The molecule has 0 aliphatic rings. The van der Waals surface area contributed by atoms with Crippen molar-refractivity contribution >= 4 is 11.9 Å². The molecule has 1 amide bonds. The van der Waals surface area contributed by atoms with Gasteiger partial charge in [-0.15, -0.1) is 0 Å². The summed E-state index contributed by atoms with van der Waals surface area (Å²) in [4.78, 5) is 24.4. The van der Waals surface area contributed by atoms with Crippen molar-refractivity contribution in [2.75, 3.05) is 6.61 Å². The maximum Gasteiger partial charge on any atom is 0.338 e. The highest BCUT2D eigenvalue weighted by molar-refractivity contribution is 5.88. The molecule has 0 heterocycles. The van der Waals surface area contributed by atoms with E-state index >= 15 is 0 Å². The van der Waals surface area contributed by atoms with Crippen LogP contribution in [0.1, 0.15) is 38.1 Å². The lowest BCUT2D eigenvalue weighted by molar-refractivity contribution is -0.137. The lowest BCUT2D eigenvalue weighted by atomic mass is 10.2. The zero-order valence-corrected chi connectivity index (χ0v) is 12.6. The summed E-state index contributed by atoms with van der Waals surface area (Å²) in [6, 6.07) is 3.47. The monoisotopic (exact) mass is 297 g/mol. The van der Waals surface area contributed by atoms with Gasteiger partial charge in [-0.2, -0.15) is 0 Å². The van der Waals surface area contributed by atoms with Crippen molar-refractivity contribution in [1.29, 1.82) is 0 Å². The van der Waals surface area contributed by atoms with Crippen LogP contribution < -0.4 is 4.74 Å². The van der Waals surface area contributed by atoms with E-state index in [-0.39, 0.29) is 30.3 Å². The molecular weight excluding hydrogens is 277 g/mol. The zero-order chi connectivity index (χ0) is 16.2. The average Bonchev–Trinajstić information content (AvgIpc) is 2.35. The second kappa shape index (κ2) is 7.06. The van der Waals surface area contributed by atoms with E-state index < -0.39 is 17.3 Å². The van der Waals surface area contributed by atoms with Crippen molar-refractivity contribution in [3.8, 4) is 5.75 Å². The Morgan fingerprint density at radius 2 is 1.81 bits per heavy atom. The second-order valence-corrected chi connectivity index (χ2v) is 5.22. The van der Waals surface area contributed by atoms with Crippen molar-refractivity contribution in [3.05, 3.63) is 29.6 Å². The number of hydrogen-bond acceptors (Lipinski definition) is 3. The molecule has 0 atom stereocenters. The molecule has 1 N–H and O–H groups in total. The van der Waals surface area contributed by atoms with Crippen LogP contribution in [0.4, 0.5) is 4.39 Å². The maximum absolute atomic E-state index is 13.5. The largest absolute Gasteiger partial charge is 0.484 e. The van der Waals surface area contributed by atoms with Crippen molar-refractivity contribution in [1.82, 2.24) is 4.90 Å². The minimum absolute atomic E-state index is 0.0345. The molecule has 0 saturated heterocycles. The Morgan fingerprint density at radius 3 is 2.24 bits per heavy atom. The van der Waals surface area contributed by atoms with E-state index in [1.807, 2.05) is 27.7 Å². The van der Waals surface area contributed by atoms with E-state index in [9.17, 15) is 14.0 Å². The number of carboxylic acid groups (broad SMARTS) is 1. The number of aromatic carboxylic acids is 1. The van der Waals surface area contributed by atoms with Crippen LogP contribution in [-0.2, 0) is 4.79 Å². The summed E-state index contributed by atoms with van der Waals surface area (Å²) in [5.74, 6) is -2.32. The van der Waals surface area contributed by atoms with Crippen LogP contribution in [0, 0.1) is 5.82 Å². The van der Waals surface area contributed by atoms with Gasteiger partial charge in [0, 0.05) is 18.2 Å². The van der Waals surface area contributed by atoms with E-state index in [1.54, 1.807) is 4.90 Å². The average molecular weight is 297 g/mol. The Balaban J connectivity index is 2.73. The summed E-state index contributed by atoms with van der Waals surface area (Å²) < 4.78 is 18.7. The molecule has 5 nitrogen and oxygen atoms in total. The normalized spacial score (nSPS) is 10.8. The Kier molecular flexibility index (Phi) is 5.69. The number of carbonyl (C=O) groups is 2. The molecule has 1 aromatic rings. The summed E-state index contributed by atoms with van der Waals surface area (Å²) in [5.41, 5.74) is -0.431. The number of benzene rings is 1. The molecule has 21 heavy (non-hydrogen) atoms. The minimum atomic E-state index is -1.35. The van der Waals surface area contributed by atoms with Crippen molar-refractivity contribution in [2.45, 2.75) is 39.8 Å². The summed E-state index contributed by atoms with van der Waals surface area (Å²) in [6.45, 7) is 7.39. The van der Waals surface area contributed by atoms with Gasteiger partial charge in [-0.3, -0.25) is 4.79 Å². The van der Waals surface area contributed by atoms with Crippen LogP contribution in [0.2, 0.25) is 0 Å². The molecule has 1 rings (SSSR count). The highest BCUT2D eigenvalue weighted by atomic mass is 19.1.